The summed E-state index contributed by atoms with van der Waals surface area (Å²) in [5.74, 6) is 1.11. The molecule has 21 heavy (non-hydrogen) atoms. The minimum atomic E-state index is 1.10. The number of rotatable bonds is 5. The van der Waals surface area contributed by atoms with Gasteiger partial charge in [0.15, 0.2) is 0 Å². The largest absolute Gasteiger partial charge is 0.241 e. The molecule has 0 aliphatic rings. The molecular formula is C19H19NS. The summed E-state index contributed by atoms with van der Waals surface area (Å²) >= 11 is 1.86. The third kappa shape index (κ3) is 3.64. The zero-order valence-corrected chi connectivity index (χ0v) is 13.1. The maximum Gasteiger partial charge on any atom is 0.0970 e. The molecule has 0 aliphatic heterocycles. The molecule has 1 heterocycles. The second-order valence-electron chi connectivity index (χ2n) is 5.23. The number of aromatic nitrogens is 1. The monoisotopic (exact) mass is 293 g/mol. The van der Waals surface area contributed by atoms with E-state index in [9.17, 15) is 0 Å². The van der Waals surface area contributed by atoms with Crippen LogP contribution >= 0.6 is 11.8 Å². The number of thioether (sulfide) groups is 1. The molecule has 3 rings (SSSR count). The van der Waals surface area contributed by atoms with Crippen LogP contribution in [0.4, 0.5) is 0 Å². The van der Waals surface area contributed by atoms with Crippen LogP contribution in [0, 0.1) is 6.92 Å². The highest BCUT2D eigenvalue weighted by Crippen LogP contribution is 2.24. The first-order valence-corrected chi connectivity index (χ1v) is 8.34. The Morgan fingerprint density at radius 1 is 0.952 bits per heavy atom. The molecule has 0 atom stereocenters. The molecule has 0 spiro atoms. The van der Waals surface area contributed by atoms with E-state index in [1.165, 1.54) is 22.9 Å². The Morgan fingerprint density at radius 2 is 1.71 bits per heavy atom. The highest BCUT2D eigenvalue weighted by atomic mass is 32.2. The summed E-state index contributed by atoms with van der Waals surface area (Å²) in [5.41, 5.74) is 3.83. The van der Waals surface area contributed by atoms with Crippen molar-refractivity contribution in [2.24, 2.45) is 0 Å². The Labute approximate surface area is 130 Å². The molecule has 0 saturated heterocycles. The van der Waals surface area contributed by atoms with Gasteiger partial charge in [0.25, 0.3) is 0 Å². The van der Waals surface area contributed by atoms with Crippen LogP contribution in [-0.2, 0) is 6.42 Å². The maximum atomic E-state index is 4.74. The van der Waals surface area contributed by atoms with Crippen molar-refractivity contribution in [3.63, 3.8) is 0 Å². The lowest BCUT2D eigenvalue weighted by atomic mass is 10.1. The summed E-state index contributed by atoms with van der Waals surface area (Å²) in [4.78, 5) is 4.74. The van der Waals surface area contributed by atoms with E-state index < -0.39 is 0 Å². The average Bonchev–Trinajstić information content (AvgIpc) is 2.53. The summed E-state index contributed by atoms with van der Waals surface area (Å²) in [6.07, 6.45) is 2.32. The molecule has 2 heteroatoms. The number of hydrogen-bond donors (Lipinski definition) is 0. The molecule has 0 radical (unpaired) electrons. The van der Waals surface area contributed by atoms with Crippen molar-refractivity contribution >= 4 is 22.7 Å². The first-order chi connectivity index (χ1) is 10.3. The Kier molecular flexibility index (Phi) is 4.56. The van der Waals surface area contributed by atoms with Gasteiger partial charge >= 0.3 is 0 Å². The first-order valence-electron chi connectivity index (χ1n) is 7.36. The fraction of sp³-hybridized carbons (Fsp3) is 0.211. The molecule has 0 saturated carbocycles. The number of benzene rings is 2. The quantitative estimate of drug-likeness (QED) is 0.469. The lowest BCUT2D eigenvalue weighted by Crippen LogP contribution is -1.90. The molecular weight excluding hydrogens is 274 g/mol. The van der Waals surface area contributed by atoms with Gasteiger partial charge in [-0.25, -0.2) is 4.98 Å². The maximum absolute atomic E-state index is 4.74. The second kappa shape index (κ2) is 6.77. The molecule has 0 bridgehead atoms. The number of para-hydroxylation sites is 1. The third-order valence-corrected chi connectivity index (χ3v) is 4.60. The predicted molar refractivity (Wildman–Crippen MR) is 92.0 cm³/mol. The van der Waals surface area contributed by atoms with Crippen LogP contribution in [0.2, 0.25) is 0 Å². The first kappa shape index (κ1) is 14.2. The van der Waals surface area contributed by atoms with Gasteiger partial charge in [-0.1, -0.05) is 48.5 Å². The molecule has 1 aromatic heterocycles. The Bertz CT molecular complexity index is 722. The zero-order chi connectivity index (χ0) is 14.5. The van der Waals surface area contributed by atoms with Gasteiger partial charge in [-0.2, -0.15) is 0 Å². The third-order valence-electron chi connectivity index (χ3n) is 3.60. The fourth-order valence-corrected chi connectivity index (χ4v) is 3.41. The minimum Gasteiger partial charge on any atom is -0.241 e. The van der Waals surface area contributed by atoms with Gasteiger partial charge in [0, 0.05) is 5.39 Å². The molecule has 1 nitrogen and oxygen atoms in total. The van der Waals surface area contributed by atoms with Crippen molar-refractivity contribution in [3.05, 3.63) is 71.8 Å². The lowest BCUT2D eigenvalue weighted by Gasteiger charge is -2.06. The fourth-order valence-electron chi connectivity index (χ4n) is 2.49. The van der Waals surface area contributed by atoms with Gasteiger partial charge in [-0.05, 0) is 48.8 Å². The van der Waals surface area contributed by atoms with Crippen LogP contribution < -0.4 is 0 Å². The summed E-state index contributed by atoms with van der Waals surface area (Å²) in [5, 5.41) is 2.39. The Morgan fingerprint density at radius 3 is 2.57 bits per heavy atom. The normalized spacial score (nSPS) is 10.9. The van der Waals surface area contributed by atoms with Gasteiger partial charge < -0.3 is 0 Å². The Balaban J connectivity index is 1.60. The second-order valence-corrected chi connectivity index (χ2v) is 6.35. The standard InChI is InChI=1S/C19H19NS/c1-15-14-19(20-18-12-6-5-11-17(15)18)21-13-7-10-16-8-3-2-4-9-16/h2-6,8-9,11-12,14H,7,10,13H2,1H3. The van der Waals surface area contributed by atoms with E-state index >= 15 is 0 Å². The molecule has 0 N–H and O–H groups in total. The summed E-state index contributed by atoms with van der Waals surface area (Å²) in [6.45, 7) is 2.16. The van der Waals surface area contributed by atoms with Gasteiger partial charge in [-0.15, -0.1) is 11.8 Å². The number of fused-ring (bicyclic) bond motifs is 1. The minimum absolute atomic E-state index is 1.10. The van der Waals surface area contributed by atoms with Crippen LogP contribution in [0.25, 0.3) is 10.9 Å². The summed E-state index contributed by atoms with van der Waals surface area (Å²) in [6, 6.07) is 21.2. The molecule has 0 amide bonds. The smallest absolute Gasteiger partial charge is 0.0970 e. The van der Waals surface area contributed by atoms with Crippen LogP contribution in [0.1, 0.15) is 17.5 Å². The molecule has 2 aromatic carbocycles. The summed E-state index contributed by atoms with van der Waals surface area (Å²) in [7, 11) is 0. The number of pyridine rings is 1. The number of nitrogens with zero attached hydrogens (tertiary/aromatic N) is 1. The van der Waals surface area contributed by atoms with Gasteiger partial charge in [-0.3, -0.25) is 0 Å². The molecule has 106 valence electrons. The van der Waals surface area contributed by atoms with E-state index in [-0.39, 0.29) is 0 Å². The molecule has 3 aromatic rings. The van der Waals surface area contributed by atoms with E-state index in [2.05, 4.69) is 67.6 Å². The number of aryl methyl sites for hydroxylation is 2. The van der Waals surface area contributed by atoms with Gasteiger partial charge in [0.05, 0.1) is 10.5 Å². The average molecular weight is 293 g/mol. The van der Waals surface area contributed by atoms with Crippen LogP contribution in [0.3, 0.4) is 0 Å². The van der Waals surface area contributed by atoms with E-state index in [0.29, 0.717) is 0 Å². The molecule has 0 aliphatic carbocycles. The van der Waals surface area contributed by atoms with E-state index in [1.807, 2.05) is 11.8 Å². The molecule has 0 unspecified atom stereocenters. The zero-order valence-electron chi connectivity index (χ0n) is 12.3. The predicted octanol–water partition coefficient (Wildman–Crippen LogP) is 5.27. The van der Waals surface area contributed by atoms with Crippen molar-refractivity contribution in [1.29, 1.82) is 0 Å². The SMILES string of the molecule is Cc1cc(SCCCc2ccccc2)nc2ccccc12. The topological polar surface area (TPSA) is 12.9 Å². The lowest BCUT2D eigenvalue weighted by molar-refractivity contribution is 0.931. The van der Waals surface area contributed by atoms with Crippen molar-refractivity contribution in [3.8, 4) is 0 Å². The highest BCUT2D eigenvalue weighted by molar-refractivity contribution is 7.99. The van der Waals surface area contributed by atoms with E-state index in [1.54, 1.807) is 0 Å². The highest BCUT2D eigenvalue weighted by Gasteiger charge is 2.03. The van der Waals surface area contributed by atoms with Crippen molar-refractivity contribution in [2.75, 3.05) is 5.75 Å². The van der Waals surface area contributed by atoms with Crippen LogP contribution in [-0.4, -0.2) is 10.7 Å². The van der Waals surface area contributed by atoms with E-state index in [4.69, 9.17) is 4.98 Å². The van der Waals surface area contributed by atoms with Crippen LogP contribution in [0.5, 0.6) is 0 Å². The van der Waals surface area contributed by atoms with Crippen molar-refractivity contribution in [1.82, 2.24) is 4.98 Å². The van der Waals surface area contributed by atoms with Crippen molar-refractivity contribution < 1.29 is 0 Å². The van der Waals surface area contributed by atoms with Crippen LogP contribution in [0.15, 0.2) is 65.7 Å². The summed E-state index contributed by atoms with van der Waals surface area (Å²) < 4.78 is 0. The van der Waals surface area contributed by atoms with E-state index in [0.717, 1.165) is 22.7 Å². The van der Waals surface area contributed by atoms with Gasteiger partial charge in [0.1, 0.15) is 0 Å². The molecule has 0 fully saturated rings. The van der Waals surface area contributed by atoms with Crippen molar-refractivity contribution in [2.45, 2.75) is 24.8 Å². The Hall–Kier alpha value is -1.80. The number of hydrogen-bond acceptors (Lipinski definition) is 2. The van der Waals surface area contributed by atoms with Gasteiger partial charge in [0.2, 0.25) is 0 Å².